The summed E-state index contributed by atoms with van der Waals surface area (Å²) in [6.45, 7) is 5.29. The van der Waals surface area contributed by atoms with Gasteiger partial charge in [0.1, 0.15) is 12.4 Å². The van der Waals surface area contributed by atoms with E-state index in [9.17, 15) is 0 Å². The first-order valence-corrected chi connectivity index (χ1v) is 6.76. The third-order valence-electron chi connectivity index (χ3n) is 3.40. The number of piperidine rings is 1. The number of hydrogen-bond donors (Lipinski definition) is 0. The van der Waals surface area contributed by atoms with Gasteiger partial charge in [0.15, 0.2) is 0 Å². The predicted octanol–water partition coefficient (Wildman–Crippen LogP) is 3.59. The number of benzene rings is 1. The highest BCUT2D eigenvalue weighted by atomic mass is 35.5. The second-order valence-electron chi connectivity index (χ2n) is 4.68. The normalized spacial score (nSPS) is 21.4. The summed E-state index contributed by atoms with van der Waals surface area (Å²) in [5.41, 5.74) is 0. The van der Waals surface area contributed by atoms with E-state index < -0.39 is 0 Å². The summed E-state index contributed by atoms with van der Waals surface area (Å²) in [5, 5.41) is 0.752. The van der Waals surface area contributed by atoms with Crippen molar-refractivity contribution in [3.8, 4) is 5.75 Å². The Labute approximate surface area is 109 Å². The molecule has 0 bridgehead atoms. The highest BCUT2D eigenvalue weighted by Gasteiger charge is 2.17. The van der Waals surface area contributed by atoms with Crippen LogP contribution in [0.2, 0.25) is 5.02 Å². The van der Waals surface area contributed by atoms with E-state index in [-0.39, 0.29) is 0 Å². The minimum Gasteiger partial charge on any atom is -0.492 e. The number of nitrogens with zero attached hydrogens (tertiary/aromatic N) is 1. The first-order valence-electron chi connectivity index (χ1n) is 6.38. The van der Waals surface area contributed by atoms with Gasteiger partial charge >= 0.3 is 0 Å². The van der Waals surface area contributed by atoms with Gasteiger partial charge in [-0.05, 0) is 50.6 Å². The van der Waals surface area contributed by atoms with Crippen LogP contribution in [0.15, 0.2) is 24.3 Å². The Kier molecular flexibility index (Phi) is 4.69. The molecule has 0 spiro atoms. The van der Waals surface area contributed by atoms with Crippen LogP contribution in [-0.2, 0) is 0 Å². The van der Waals surface area contributed by atoms with E-state index in [1.54, 1.807) is 0 Å². The lowest BCUT2D eigenvalue weighted by Gasteiger charge is -2.33. The van der Waals surface area contributed by atoms with Crippen LogP contribution in [0, 0.1) is 0 Å². The summed E-state index contributed by atoms with van der Waals surface area (Å²) in [7, 11) is 0. The van der Waals surface area contributed by atoms with Crippen LogP contribution < -0.4 is 4.74 Å². The summed E-state index contributed by atoms with van der Waals surface area (Å²) in [6.07, 6.45) is 4.02. The predicted molar refractivity (Wildman–Crippen MR) is 71.8 cm³/mol. The fourth-order valence-corrected chi connectivity index (χ4v) is 2.43. The molecule has 1 aromatic rings. The molecule has 0 aromatic heterocycles. The van der Waals surface area contributed by atoms with Crippen molar-refractivity contribution in [1.29, 1.82) is 0 Å². The zero-order chi connectivity index (χ0) is 12.1. The van der Waals surface area contributed by atoms with Crippen LogP contribution >= 0.6 is 11.6 Å². The lowest BCUT2D eigenvalue weighted by atomic mass is 10.0. The van der Waals surface area contributed by atoms with Crippen LogP contribution in [0.25, 0.3) is 0 Å². The molecule has 0 radical (unpaired) electrons. The second-order valence-corrected chi connectivity index (χ2v) is 5.12. The molecule has 1 saturated heterocycles. The molecule has 2 rings (SSSR count). The molecular formula is C14H20ClNO. The molecule has 17 heavy (non-hydrogen) atoms. The van der Waals surface area contributed by atoms with Crippen molar-refractivity contribution in [2.24, 2.45) is 0 Å². The van der Waals surface area contributed by atoms with Crippen LogP contribution in [0.3, 0.4) is 0 Å². The largest absolute Gasteiger partial charge is 0.492 e. The summed E-state index contributed by atoms with van der Waals surface area (Å²) in [5.74, 6) is 0.902. The molecule has 0 saturated carbocycles. The summed E-state index contributed by atoms with van der Waals surface area (Å²) >= 11 is 5.82. The Morgan fingerprint density at radius 2 is 2.06 bits per heavy atom. The topological polar surface area (TPSA) is 12.5 Å². The van der Waals surface area contributed by atoms with E-state index >= 15 is 0 Å². The summed E-state index contributed by atoms with van der Waals surface area (Å²) in [6, 6.07) is 8.27. The number of hydrogen-bond acceptors (Lipinski definition) is 2. The molecule has 0 amide bonds. The first kappa shape index (κ1) is 12.7. The Bertz CT molecular complexity index is 339. The smallest absolute Gasteiger partial charge is 0.119 e. The van der Waals surface area contributed by atoms with Gasteiger partial charge in [0.25, 0.3) is 0 Å². The minimum atomic E-state index is 0.706. The summed E-state index contributed by atoms with van der Waals surface area (Å²) in [4.78, 5) is 2.51. The van der Waals surface area contributed by atoms with Crippen LogP contribution in [0.5, 0.6) is 5.75 Å². The fraction of sp³-hybridized carbons (Fsp3) is 0.571. The maximum atomic E-state index is 5.82. The van der Waals surface area contributed by atoms with Gasteiger partial charge in [-0.3, -0.25) is 4.90 Å². The Balaban J connectivity index is 1.73. The minimum absolute atomic E-state index is 0.706. The fourth-order valence-electron chi connectivity index (χ4n) is 2.30. The van der Waals surface area contributed by atoms with E-state index in [0.29, 0.717) is 6.04 Å². The highest BCUT2D eigenvalue weighted by molar-refractivity contribution is 6.30. The maximum Gasteiger partial charge on any atom is 0.119 e. The van der Waals surface area contributed by atoms with E-state index in [4.69, 9.17) is 16.3 Å². The lowest BCUT2D eigenvalue weighted by Crippen LogP contribution is -2.39. The van der Waals surface area contributed by atoms with E-state index in [1.165, 1.54) is 25.8 Å². The quantitative estimate of drug-likeness (QED) is 0.813. The molecule has 1 aliphatic heterocycles. The average Bonchev–Trinajstić information content (AvgIpc) is 2.34. The van der Waals surface area contributed by atoms with Gasteiger partial charge in [-0.15, -0.1) is 0 Å². The van der Waals surface area contributed by atoms with Crippen molar-refractivity contribution >= 4 is 11.6 Å². The molecule has 0 aliphatic carbocycles. The lowest BCUT2D eigenvalue weighted by molar-refractivity contribution is 0.133. The Hall–Kier alpha value is -0.730. The van der Waals surface area contributed by atoms with Crippen molar-refractivity contribution in [1.82, 2.24) is 4.90 Å². The molecule has 1 heterocycles. The van der Waals surface area contributed by atoms with Crippen LogP contribution in [0.4, 0.5) is 0 Å². The third-order valence-corrected chi connectivity index (χ3v) is 3.65. The standard InChI is InChI=1S/C14H20ClNO/c1-12-4-2-3-9-16(12)10-11-17-14-7-5-13(15)6-8-14/h5-8,12H,2-4,9-11H2,1H3/t12-/m1/s1. The third kappa shape index (κ3) is 3.90. The first-order chi connectivity index (χ1) is 8.25. The monoisotopic (exact) mass is 253 g/mol. The maximum absolute atomic E-state index is 5.82. The van der Waals surface area contributed by atoms with Crippen molar-refractivity contribution in [2.75, 3.05) is 19.7 Å². The van der Waals surface area contributed by atoms with Crippen LogP contribution in [-0.4, -0.2) is 30.6 Å². The molecule has 1 aromatic carbocycles. The zero-order valence-corrected chi connectivity index (χ0v) is 11.1. The van der Waals surface area contributed by atoms with Gasteiger partial charge in [0.05, 0.1) is 0 Å². The van der Waals surface area contributed by atoms with E-state index in [1.807, 2.05) is 24.3 Å². The van der Waals surface area contributed by atoms with Gasteiger partial charge < -0.3 is 4.74 Å². The van der Waals surface area contributed by atoms with E-state index in [2.05, 4.69) is 11.8 Å². The zero-order valence-electron chi connectivity index (χ0n) is 10.4. The molecule has 1 aliphatic rings. The van der Waals surface area contributed by atoms with Crippen molar-refractivity contribution in [3.05, 3.63) is 29.3 Å². The molecular weight excluding hydrogens is 234 g/mol. The van der Waals surface area contributed by atoms with Crippen molar-refractivity contribution < 1.29 is 4.74 Å². The molecule has 94 valence electrons. The van der Waals surface area contributed by atoms with Crippen LogP contribution in [0.1, 0.15) is 26.2 Å². The Morgan fingerprint density at radius 3 is 2.76 bits per heavy atom. The molecule has 1 fully saturated rings. The van der Waals surface area contributed by atoms with Gasteiger partial charge in [0.2, 0.25) is 0 Å². The second kappa shape index (κ2) is 6.27. The van der Waals surface area contributed by atoms with Gasteiger partial charge in [-0.1, -0.05) is 18.0 Å². The Morgan fingerprint density at radius 1 is 1.29 bits per heavy atom. The number of ether oxygens (including phenoxy) is 1. The molecule has 1 atom stereocenters. The number of likely N-dealkylation sites (tertiary alicyclic amines) is 1. The van der Waals surface area contributed by atoms with Crippen molar-refractivity contribution in [3.63, 3.8) is 0 Å². The number of halogens is 1. The molecule has 0 unspecified atom stereocenters. The van der Waals surface area contributed by atoms with Gasteiger partial charge in [-0.25, -0.2) is 0 Å². The average molecular weight is 254 g/mol. The van der Waals surface area contributed by atoms with Crippen molar-refractivity contribution in [2.45, 2.75) is 32.2 Å². The molecule has 0 N–H and O–H groups in total. The van der Waals surface area contributed by atoms with Gasteiger partial charge in [0, 0.05) is 17.6 Å². The molecule has 2 nitrogen and oxygen atoms in total. The molecule has 3 heteroatoms. The number of rotatable bonds is 4. The SMILES string of the molecule is C[C@@H]1CCCCN1CCOc1ccc(Cl)cc1. The summed E-state index contributed by atoms with van der Waals surface area (Å²) < 4.78 is 5.71. The highest BCUT2D eigenvalue weighted by Crippen LogP contribution is 2.17. The van der Waals surface area contributed by atoms with E-state index in [0.717, 1.165) is 23.9 Å². The van der Waals surface area contributed by atoms with Gasteiger partial charge in [-0.2, -0.15) is 0 Å².